The summed E-state index contributed by atoms with van der Waals surface area (Å²) >= 11 is 1.69. The Labute approximate surface area is 159 Å². The number of benzene rings is 1. The second-order valence-electron chi connectivity index (χ2n) is 7.31. The molecular weight excluding hydrogens is 348 g/mol. The third-order valence-electron chi connectivity index (χ3n) is 5.20. The van der Waals surface area contributed by atoms with Gasteiger partial charge in [-0.2, -0.15) is 11.8 Å². The van der Waals surface area contributed by atoms with Crippen LogP contribution in [0.2, 0.25) is 0 Å². The lowest BCUT2D eigenvalue weighted by Gasteiger charge is -2.28. The highest BCUT2D eigenvalue weighted by atomic mass is 32.2. The lowest BCUT2D eigenvalue weighted by atomic mass is 9.89. The van der Waals surface area contributed by atoms with Crippen LogP contribution >= 0.6 is 11.8 Å². The molecule has 2 heterocycles. The molecule has 6 heteroatoms. The van der Waals surface area contributed by atoms with Gasteiger partial charge in [0.1, 0.15) is 0 Å². The molecular formula is C20H28N2O3S. The van der Waals surface area contributed by atoms with Crippen LogP contribution in [-0.2, 0) is 20.1 Å². The van der Waals surface area contributed by atoms with E-state index in [-0.39, 0.29) is 11.9 Å². The Morgan fingerprint density at radius 3 is 2.77 bits per heavy atom. The zero-order valence-corrected chi connectivity index (χ0v) is 16.1. The maximum absolute atomic E-state index is 12.4. The minimum atomic E-state index is -0.176. The Kier molecular flexibility index (Phi) is 6.97. The Morgan fingerprint density at radius 1 is 1.27 bits per heavy atom. The summed E-state index contributed by atoms with van der Waals surface area (Å²) in [6, 6.07) is 9.22. The molecule has 2 atom stereocenters. The molecule has 0 aromatic heterocycles. The van der Waals surface area contributed by atoms with Gasteiger partial charge in [-0.25, -0.2) is 0 Å². The van der Waals surface area contributed by atoms with Crippen molar-refractivity contribution in [2.75, 3.05) is 18.2 Å². The molecule has 2 fully saturated rings. The maximum atomic E-state index is 12.4. The molecule has 3 rings (SSSR count). The molecule has 0 aliphatic carbocycles. The van der Waals surface area contributed by atoms with Crippen LogP contribution in [0.25, 0.3) is 0 Å². The van der Waals surface area contributed by atoms with Gasteiger partial charge in [0.15, 0.2) is 0 Å². The van der Waals surface area contributed by atoms with Gasteiger partial charge >= 0.3 is 5.97 Å². The van der Waals surface area contributed by atoms with Crippen LogP contribution in [-0.4, -0.2) is 36.8 Å². The van der Waals surface area contributed by atoms with Crippen molar-refractivity contribution in [1.29, 1.82) is 0 Å². The monoisotopic (exact) mass is 376 g/mol. The zero-order chi connectivity index (χ0) is 18.4. The molecule has 2 aliphatic rings. The molecule has 2 aliphatic heterocycles. The van der Waals surface area contributed by atoms with Crippen molar-refractivity contribution in [3.63, 3.8) is 0 Å². The molecule has 1 amide bonds. The number of hydrogen-bond acceptors (Lipinski definition) is 5. The predicted molar refractivity (Wildman–Crippen MR) is 105 cm³/mol. The summed E-state index contributed by atoms with van der Waals surface area (Å²) in [5.41, 5.74) is 2.01. The number of anilines is 1. The molecule has 0 spiro atoms. The number of thioether (sulfide) groups is 1. The Hall–Kier alpha value is -1.53. The standard InChI is InChI=1S/C20H28N2O3S/c1-25-20(24)7-8-26-13-14-3-2-4-16(9-14)22-19(23)12-15-10-17-5-6-18(11-15)21-17/h2-4,9,15,17-18,21H,5-8,10-13H2,1H3,(H,22,23). The predicted octanol–water partition coefficient (Wildman–Crippen LogP) is 3.34. The number of carbonyl (C=O) groups excluding carboxylic acids is 2. The van der Waals surface area contributed by atoms with Crippen molar-refractivity contribution in [1.82, 2.24) is 5.32 Å². The largest absolute Gasteiger partial charge is 0.469 e. The summed E-state index contributed by atoms with van der Waals surface area (Å²) in [5, 5.41) is 6.68. The summed E-state index contributed by atoms with van der Waals surface area (Å²) in [6.45, 7) is 0. The molecule has 2 N–H and O–H groups in total. The molecule has 1 aromatic carbocycles. The Balaban J connectivity index is 1.42. The quantitative estimate of drug-likeness (QED) is 0.538. The van der Waals surface area contributed by atoms with E-state index < -0.39 is 0 Å². The van der Waals surface area contributed by atoms with E-state index in [9.17, 15) is 9.59 Å². The summed E-state index contributed by atoms with van der Waals surface area (Å²) < 4.78 is 4.64. The van der Waals surface area contributed by atoms with Gasteiger partial charge in [0, 0.05) is 35.7 Å². The number of fused-ring (bicyclic) bond motifs is 2. The Bertz CT molecular complexity index is 625. The number of rotatable bonds is 8. The van der Waals surface area contributed by atoms with Gasteiger partial charge in [-0.1, -0.05) is 12.1 Å². The molecule has 2 bridgehead atoms. The highest BCUT2D eigenvalue weighted by Gasteiger charge is 2.34. The van der Waals surface area contributed by atoms with Gasteiger partial charge in [-0.3, -0.25) is 9.59 Å². The smallest absolute Gasteiger partial charge is 0.306 e. The molecule has 2 unspecified atom stereocenters. The van der Waals surface area contributed by atoms with E-state index in [2.05, 4.69) is 15.4 Å². The van der Waals surface area contributed by atoms with Crippen molar-refractivity contribution < 1.29 is 14.3 Å². The molecule has 0 radical (unpaired) electrons. The van der Waals surface area contributed by atoms with E-state index in [1.807, 2.05) is 24.3 Å². The van der Waals surface area contributed by atoms with Gasteiger partial charge in [-0.15, -0.1) is 0 Å². The fourth-order valence-electron chi connectivity index (χ4n) is 4.00. The average molecular weight is 377 g/mol. The van der Waals surface area contributed by atoms with E-state index in [4.69, 9.17) is 0 Å². The second kappa shape index (κ2) is 9.42. The normalized spacial score (nSPS) is 24.3. The van der Waals surface area contributed by atoms with E-state index in [0.29, 0.717) is 30.8 Å². The molecule has 0 saturated carbocycles. The maximum Gasteiger partial charge on any atom is 0.306 e. The second-order valence-corrected chi connectivity index (χ2v) is 8.41. The Morgan fingerprint density at radius 2 is 2.04 bits per heavy atom. The minimum Gasteiger partial charge on any atom is -0.469 e. The molecule has 5 nitrogen and oxygen atoms in total. The van der Waals surface area contributed by atoms with E-state index in [0.717, 1.165) is 35.6 Å². The summed E-state index contributed by atoms with van der Waals surface area (Å²) in [7, 11) is 1.41. The van der Waals surface area contributed by atoms with Gasteiger partial charge < -0.3 is 15.4 Å². The van der Waals surface area contributed by atoms with Gasteiger partial charge in [0.25, 0.3) is 0 Å². The van der Waals surface area contributed by atoms with Crippen molar-refractivity contribution in [3.8, 4) is 0 Å². The number of ether oxygens (including phenoxy) is 1. The summed E-state index contributed by atoms with van der Waals surface area (Å²) in [4.78, 5) is 23.5. The number of esters is 1. The third kappa shape index (κ3) is 5.74. The van der Waals surface area contributed by atoms with Crippen molar-refractivity contribution in [3.05, 3.63) is 29.8 Å². The number of amides is 1. The highest BCUT2D eigenvalue weighted by Crippen LogP contribution is 2.32. The van der Waals surface area contributed by atoms with Crippen LogP contribution in [0.3, 0.4) is 0 Å². The van der Waals surface area contributed by atoms with E-state index in [1.165, 1.54) is 20.0 Å². The van der Waals surface area contributed by atoms with Crippen LogP contribution in [0.5, 0.6) is 0 Å². The lowest BCUT2D eigenvalue weighted by Crippen LogP contribution is -2.39. The van der Waals surface area contributed by atoms with Crippen LogP contribution in [0, 0.1) is 5.92 Å². The average Bonchev–Trinajstić information content (AvgIpc) is 2.97. The fraction of sp³-hybridized carbons (Fsp3) is 0.600. The molecule has 142 valence electrons. The number of hydrogen-bond donors (Lipinski definition) is 2. The van der Waals surface area contributed by atoms with Gasteiger partial charge in [0.05, 0.1) is 13.5 Å². The number of nitrogens with one attached hydrogen (secondary N) is 2. The lowest BCUT2D eigenvalue weighted by molar-refractivity contribution is -0.140. The summed E-state index contributed by atoms with van der Waals surface area (Å²) in [6.07, 6.45) is 5.82. The van der Waals surface area contributed by atoms with Crippen molar-refractivity contribution in [2.24, 2.45) is 5.92 Å². The van der Waals surface area contributed by atoms with Crippen molar-refractivity contribution in [2.45, 2.75) is 56.4 Å². The van der Waals surface area contributed by atoms with Gasteiger partial charge in [-0.05, 0) is 49.3 Å². The minimum absolute atomic E-state index is 0.117. The first-order valence-corrected chi connectivity index (χ1v) is 10.6. The number of carbonyl (C=O) groups is 2. The van der Waals surface area contributed by atoms with Crippen molar-refractivity contribution >= 4 is 29.3 Å². The number of methoxy groups -OCH3 is 1. The van der Waals surface area contributed by atoms with Crippen LogP contribution < -0.4 is 10.6 Å². The van der Waals surface area contributed by atoms with Crippen LogP contribution in [0.4, 0.5) is 5.69 Å². The number of piperidine rings is 1. The first-order chi connectivity index (χ1) is 12.6. The van der Waals surface area contributed by atoms with E-state index in [1.54, 1.807) is 11.8 Å². The zero-order valence-electron chi connectivity index (χ0n) is 15.3. The summed E-state index contributed by atoms with van der Waals surface area (Å²) in [5.74, 6) is 2.00. The van der Waals surface area contributed by atoms with Gasteiger partial charge in [0.2, 0.25) is 5.91 Å². The first-order valence-electron chi connectivity index (χ1n) is 9.42. The van der Waals surface area contributed by atoms with Crippen LogP contribution in [0.15, 0.2) is 24.3 Å². The fourth-order valence-corrected chi connectivity index (χ4v) is 4.87. The molecule has 1 aromatic rings. The SMILES string of the molecule is COC(=O)CCSCc1cccc(NC(=O)CC2CC3CCC(C2)N3)c1. The third-order valence-corrected chi connectivity index (χ3v) is 6.23. The van der Waals surface area contributed by atoms with Crippen LogP contribution in [0.1, 0.15) is 44.1 Å². The first kappa shape index (κ1) is 19.2. The highest BCUT2D eigenvalue weighted by molar-refractivity contribution is 7.98. The molecule has 26 heavy (non-hydrogen) atoms. The topological polar surface area (TPSA) is 67.4 Å². The molecule has 2 saturated heterocycles. The van der Waals surface area contributed by atoms with E-state index >= 15 is 0 Å².